The van der Waals surface area contributed by atoms with E-state index in [1.54, 1.807) is 6.21 Å². The van der Waals surface area contributed by atoms with Crippen LogP contribution in [0.15, 0.2) is 53.8 Å². The number of para-hydroxylation sites is 1. The Bertz CT molecular complexity index is 975. The van der Waals surface area contributed by atoms with Crippen LogP contribution in [-0.4, -0.2) is 23.5 Å². The van der Waals surface area contributed by atoms with E-state index >= 15 is 0 Å². The maximum atomic E-state index is 12.1. The monoisotopic (exact) mass is 335 g/mol. The molecule has 0 bridgehead atoms. The fraction of sp³-hybridized carbons (Fsp3) is 0.158. The van der Waals surface area contributed by atoms with Gasteiger partial charge in [0.1, 0.15) is 0 Å². The first-order valence-electron chi connectivity index (χ1n) is 7.95. The molecule has 6 nitrogen and oxygen atoms in total. The van der Waals surface area contributed by atoms with Gasteiger partial charge in [-0.25, -0.2) is 5.43 Å². The van der Waals surface area contributed by atoms with E-state index in [0.29, 0.717) is 11.5 Å². The smallest absolute Gasteiger partial charge is 0.244 e. The van der Waals surface area contributed by atoms with Crippen LogP contribution >= 0.6 is 0 Å². The number of fused-ring (bicyclic) bond motifs is 2. The molecule has 0 saturated heterocycles. The molecule has 3 aromatic rings. The summed E-state index contributed by atoms with van der Waals surface area (Å²) in [5.74, 6) is 1.19. The lowest BCUT2D eigenvalue weighted by molar-refractivity contribution is -0.120. The van der Waals surface area contributed by atoms with Crippen molar-refractivity contribution in [2.75, 3.05) is 6.79 Å². The molecule has 0 saturated carbocycles. The molecule has 0 unspecified atom stereocenters. The van der Waals surface area contributed by atoms with Gasteiger partial charge in [0, 0.05) is 29.7 Å². The molecular weight excluding hydrogens is 318 g/mol. The average molecular weight is 335 g/mol. The number of nitrogens with one attached hydrogen (secondary N) is 1. The lowest BCUT2D eigenvalue weighted by Gasteiger charge is -2.02. The molecule has 2 heterocycles. The van der Waals surface area contributed by atoms with E-state index in [0.717, 1.165) is 22.0 Å². The Morgan fingerprint density at radius 3 is 3.00 bits per heavy atom. The zero-order chi connectivity index (χ0) is 17.2. The second-order valence-corrected chi connectivity index (χ2v) is 5.87. The molecule has 1 N–H and O–H groups in total. The number of aryl methyl sites for hydroxylation is 1. The first-order chi connectivity index (χ1) is 12.2. The topological polar surface area (TPSA) is 64.9 Å². The highest BCUT2D eigenvalue weighted by Gasteiger charge is 2.14. The summed E-state index contributed by atoms with van der Waals surface area (Å²) in [7, 11) is 1.98. The van der Waals surface area contributed by atoms with Crippen LogP contribution in [-0.2, 0) is 18.3 Å². The number of aromatic nitrogens is 1. The van der Waals surface area contributed by atoms with Gasteiger partial charge in [0.2, 0.25) is 12.7 Å². The minimum Gasteiger partial charge on any atom is -0.454 e. The fourth-order valence-corrected chi connectivity index (χ4v) is 2.93. The van der Waals surface area contributed by atoms with Crippen molar-refractivity contribution >= 4 is 23.0 Å². The molecule has 2 aromatic carbocycles. The molecule has 0 fully saturated rings. The number of rotatable bonds is 4. The van der Waals surface area contributed by atoms with Crippen LogP contribution in [0.4, 0.5) is 0 Å². The molecule has 25 heavy (non-hydrogen) atoms. The molecule has 1 amide bonds. The van der Waals surface area contributed by atoms with Gasteiger partial charge in [0.05, 0.1) is 12.6 Å². The predicted octanol–water partition coefficient (Wildman–Crippen LogP) is 2.60. The number of hydrogen-bond donors (Lipinski definition) is 1. The van der Waals surface area contributed by atoms with Crippen LogP contribution in [0.5, 0.6) is 11.5 Å². The van der Waals surface area contributed by atoms with E-state index in [1.807, 2.05) is 60.3 Å². The normalized spacial score (nSPS) is 12.8. The Morgan fingerprint density at radius 2 is 2.08 bits per heavy atom. The highest BCUT2D eigenvalue weighted by molar-refractivity contribution is 5.99. The summed E-state index contributed by atoms with van der Waals surface area (Å²) in [6.07, 6.45) is 3.88. The summed E-state index contributed by atoms with van der Waals surface area (Å²) in [5.41, 5.74) is 5.50. The van der Waals surface area contributed by atoms with Gasteiger partial charge in [-0.3, -0.25) is 4.79 Å². The molecule has 1 aliphatic rings. The van der Waals surface area contributed by atoms with Crippen molar-refractivity contribution in [3.05, 3.63) is 59.8 Å². The minimum atomic E-state index is -0.185. The third-order valence-corrected chi connectivity index (χ3v) is 4.12. The van der Waals surface area contributed by atoms with Crippen molar-refractivity contribution in [1.29, 1.82) is 0 Å². The molecule has 0 spiro atoms. The molecule has 6 heteroatoms. The van der Waals surface area contributed by atoms with Crippen molar-refractivity contribution in [3.8, 4) is 11.5 Å². The predicted molar refractivity (Wildman–Crippen MR) is 94.9 cm³/mol. The number of ether oxygens (including phenoxy) is 2. The Kier molecular flexibility index (Phi) is 3.85. The Labute approximate surface area is 144 Å². The van der Waals surface area contributed by atoms with Gasteiger partial charge in [-0.05, 0) is 23.8 Å². The zero-order valence-corrected chi connectivity index (χ0v) is 13.7. The lowest BCUT2D eigenvalue weighted by atomic mass is 10.1. The van der Waals surface area contributed by atoms with Crippen LogP contribution in [0.1, 0.15) is 11.1 Å². The summed E-state index contributed by atoms with van der Waals surface area (Å²) < 4.78 is 12.6. The zero-order valence-electron chi connectivity index (χ0n) is 13.7. The number of benzene rings is 2. The van der Waals surface area contributed by atoms with Crippen LogP contribution < -0.4 is 14.9 Å². The first kappa shape index (κ1) is 15.3. The molecule has 1 aliphatic heterocycles. The van der Waals surface area contributed by atoms with E-state index in [9.17, 15) is 4.79 Å². The molecular formula is C19H17N3O3. The number of amides is 1. The number of carbonyl (C=O) groups excluding carboxylic acids is 1. The maximum absolute atomic E-state index is 12.1. The third-order valence-electron chi connectivity index (χ3n) is 4.12. The standard InChI is InChI=1S/C19H17N3O3/c1-22-11-14(15-4-2-3-5-16(15)22)10-20-21-19(23)9-13-6-7-17-18(8-13)25-12-24-17/h2-8,10-11H,9,12H2,1H3,(H,21,23)/b20-10-. The summed E-state index contributed by atoms with van der Waals surface area (Å²) in [6.45, 7) is 0.223. The number of hydrazone groups is 1. The first-order valence-corrected chi connectivity index (χ1v) is 7.95. The van der Waals surface area contributed by atoms with E-state index < -0.39 is 0 Å². The van der Waals surface area contributed by atoms with Crippen molar-refractivity contribution in [3.63, 3.8) is 0 Å². The largest absolute Gasteiger partial charge is 0.454 e. The maximum Gasteiger partial charge on any atom is 0.244 e. The quantitative estimate of drug-likeness (QED) is 0.589. The van der Waals surface area contributed by atoms with Gasteiger partial charge in [0.15, 0.2) is 11.5 Å². The van der Waals surface area contributed by atoms with Gasteiger partial charge in [-0.1, -0.05) is 24.3 Å². The van der Waals surface area contributed by atoms with E-state index in [-0.39, 0.29) is 19.1 Å². The molecule has 1 aromatic heterocycles. The summed E-state index contributed by atoms with van der Waals surface area (Å²) in [4.78, 5) is 12.1. The Balaban J connectivity index is 1.42. The van der Waals surface area contributed by atoms with Gasteiger partial charge >= 0.3 is 0 Å². The van der Waals surface area contributed by atoms with Gasteiger partial charge in [-0.15, -0.1) is 0 Å². The van der Waals surface area contributed by atoms with Crippen LogP contribution in [0.3, 0.4) is 0 Å². The second-order valence-electron chi connectivity index (χ2n) is 5.87. The number of nitrogens with zero attached hydrogens (tertiary/aromatic N) is 2. The highest BCUT2D eigenvalue weighted by Crippen LogP contribution is 2.32. The van der Waals surface area contributed by atoms with Gasteiger partial charge < -0.3 is 14.0 Å². The fourth-order valence-electron chi connectivity index (χ4n) is 2.93. The van der Waals surface area contributed by atoms with E-state index in [1.165, 1.54) is 0 Å². The van der Waals surface area contributed by atoms with Crippen molar-refractivity contribution in [2.24, 2.45) is 12.1 Å². The van der Waals surface area contributed by atoms with Crippen molar-refractivity contribution in [1.82, 2.24) is 9.99 Å². The molecule has 4 rings (SSSR count). The Morgan fingerprint density at radius 1 is 1.24 bits per heavy atom. The van der Waals surface area contributed by atoms with Crippen LogP contribution in [0, 0.1) is 0 Å². The second kappa shape index (κ2) is 6.32. The van der Waals surface area contributed by atoms with E-state index in [4.69, 9.17) is 9.47 Å². The van der Waals surface area contributed by atoms with Crippen molar-refractivity contribution < 1.29 is 14.3 Å². The molecule has 126 valence electrons. The SMILES string of the molecule is Cn1cc(/C=N\NC(=O)Cc2ccc3c(c2)OCO3)c2ccccc21. The van der Waals surface area contributed by atoms with Gasteiger partial charge in [0.25, 0.3) is 0 Å². The number of carbonyl (C=O) groups is 1. The number of hydrogen-bond acceptors (Lipinski definition) is 4. The molecule has 0 radical (unpaired) electrons. The third kappa shape index (κ3) is 3.06. The van der Waals surface area contributed by atoms with E-state index in [2.05, 4.69) is 10.5 Å². The minimum absolute atomic E-state index is 0.185. The molecule has 0 atom stereocenters. The van der Waals surface area contributed by atoms with Crippen LogP contribution in [0.2, 0.25) is 0 Å². The Hall–Kier alpha value is -3.28. The van der Waals surface area contributed by atoms with Crippen LogP contribution in [0.25, 0.3) is 10.9 Å². The lowest BCUT2D eigenvalue weighted by Crippen LogP contribution is -2.19. The van der Waals surface area contributed by atoms with Gasteiger partial charge in [-0.2, -0.15) is 5.10 Å². The summed E-state index contributed by atoms with van der Waals surface area (Å²) >= 11 is 0. The summed E-state index contributed by atoms with van der Waals surface area (Å²) in [6, 6.07) is 13.5. The van der Waals surface area contributed by atoms with Crippen molar-refractivity contribution in [2.45, 2.75) is 6.42 Å². The summed E-state index contributed by atoms with van der Waals surface area (Å²) in [5, 5.41) is 5.18. The highest BCUT2D eigenvalue weighted by atomic mass is 16.7. The molecule has 0 aliphatic carbocycles. The average Bonchev–Trinajstić information content (AvgIpc) is 3.20.